The van der Waals surface area contributed by atoms with E-state index < -0.39 is 18.0 Å². The summed E-state index contributed by atoms with van der Waals surface area (Å²) in [6.07, 6.45) is 1.07. The fourth-order valence-corrected chi connectivity index (χ4v) is 1.90. The molecule has 0 fully saturated rings. The van der Waals surface area contributed by atoms with Gasteiger partial charge in [0.05, 0.1) is 14.2 Å². The maximum Gasteiger partial charge on any atom is 0.373 e. The topological polar surface area (TPSA) is 61.8 Å². The monoisotopic (exact) mass is 262 g/mol. The zero-order valence-corrected chi connectivity index (χ0v) is 10.7. The molecule has 0 radical (unpaired) electrons. The van der Waals surface area contributed by atoms with Crippen molar-refractivity contribution in [3.63, 3.8) is 0 Å². The highest BCUT2D eigenvalue weighted by Gasteiger charge is 2.29. The number of ether oxygens (including phenoxy) is 3. The highest BCUT2D eigenvalue weighted by molar-refractivity contribution is 5.92. The molecule has 0 amide bonds. The molecule has 2 rings (SSSR count). The van der Waals surface area contributed by atoms with Gasteiger partial charge in [0.15, 0.2) is 6.10 Å². The van der Waals surface area contributed by atoms with Gasteiger partial charge in [-0.05, 0) is 17.2 Å². The van der Waals surface area contributed by atoms with Gasteiger partial charge in [-0.2, -0.15) is 0 Å². The standard InChI is InChI=1S/C14H14O5/c1-17-13(15)11-7-9-5-3-4-6-10(9)8-12(19-11)14(16)18-2/h3-7,12H,8H2,1-2H3/t12-/m1/s1. The van der Waals surface area contributed by atoms with Crippen LogP contribution in [0.4, 0.5) is 0 Å². The first kappa shape index (κ1) is 13.1. The van der Waals surface area contributed by atoms with Crippen LogP contribution in [0.2, 0.25) is 0 Å². The molecule has 0 aromatic heterocycles. The molecule has 19 heavy (non-hydrogen) atoms. The lowest BCUT2D eigenvalue weighted by atomic mass is 10.0. The van der Waals surface area contributed by atoms with Gasteiger partial charge in [0, 0.05) is 6.42 Å². The largest absolute Gasteiger partial charge is 0.471 e. The lowest BCUT2D eigenvalue weighted by molar-refractivity contribution is -0.154. The van der Waals surface area contributed by atoms with Crippen molar-refractivity contribution in [2.45, 2.75) is 12.5 Å². The first-order valence-corrected chi connectivity index (χ1v) is 5.78. The third kappa shape index (κ3) is 2.76. The SMILES string of the molecule is COC(=O)C1=Cc2ccccc2C[C@H](C(=O)OC)O1. The van der Waals surface area contributed by atoms with Gasteiger partial charge in [-0.15, -0.1) is 0 Å². The Kier molecular flexibility index (Phi) is 3.85. The van der Waals surface area contributed by atoms with Crippen LogP contribution in [0.5, 0.6) is 0 Å². The van der Waals surface area contributed by atoms with Gasteiger partial charge < -0.3 is 14.2 Å². The molecule has 1 aliphatic heterocycles. The maximum absolute atomic E-state index is 11.7. The summed E-state index contributed by atoms with van der Waals surface area (Å²) in [5.41, 5.74) is 1.74. The van der Waals surface area contributed by atoms with Crippen LogP contribution in [-0.4, -0.2) is 32.3 Å². The van der Waals surface area contributed by atoms with E-state index in [0.29, 0.717) is 6.42 Å². The van der Waals surface area contributed by atoms with Gasteiger partial charge in [-0.1, -0.05) is 24.3 Å². The molecule has 1 aliphatic rings. The Labute approximate surface area is 110 Å². The first-order valence-electron chi connectivity index (χ1n) is 5.78. The predicted molar refractivity (Wildman–Crippen MR) is 67.0 cm³/mol. The number of methoxy groups -OCH3 is 2. The Bertz CT molecular complexity index is 532. The van der Waals surface area contributed by atoms with Crippen LogP contribution in [0.3, 0.4) is 0 Å². The number of hydrogen-bond acceptors (Lipinski definition) is 5. The van der Waals surface area contributed by atoms with Crippen LogP contribution in [0.1, 0.15) is 11.1 Å². The predicted octanol–water partition coefficient (Wildman–Crippen LogP) is 1.31. The summed E-state index contributed by atoms with van der Waals surface area (Å²) in [6, 6.07) is 7.44. The Morgan fingerprint density at radius 2 is 1.95 bits per heavy atom. The summed E-state index contributed by atoms with van der Waals surface area (Å²) < 4.78 is 14.7. The molecule has 0 unspecified atom stereocenters. The lowest BCUT2D eigenvalue weighted by Crippen LogP contribution is -2.28. The molecule has 0 saturated carbocycles. The van der Waals surface area contributed by atoms with E-state index in [4.69, 9.17) is 4.74 Å². The summed E-state index contributed by atoms with van der Waals surface area (Å²) >= 11 is 0. The van der Waals surface area contributed by atoms with E-state index in [2.05, 4.69) is 9.47 Å². The molecule has 0 saturated heterocycles. The summed E-state index contributed by atoms with van der Waals surface area (Å²) in [4.78, 5) is 23.3. The van der Waals surface area contributed by atoms with Crippen molar-refractivity contribution < 1.29 is 23.8 Å². The van der Waals surface area contributed by atoms with E-state index in [1.807, 2.05) is 24.3 Å². The zero-order chi connectivity index (χ0) is 13.8. The van der Waals surface area contributed by atoms with Crippen LogP contribution in [0.25, 0.3) is 6.08 Å². The van der Waals surface area contributed by atoms with E-state index in [9.17, 15) is 9.59 Å². The molecular formula is C14H14O5. The van der Waals surface area contributed by atoms with Gasteiger partial charge in [-0.25, -0.2) is 9.59 Å². The fraction of sp³-hybridized carbons (Fsp3) is 0.286. The molecule has 0 N–H and O–H groups in total. The second-order valence-corrected chi connectivity index (χ2v) is 4.03. The van der Waals surface area contributed by atoms with Gasteiger partial charge in [0.1, 0.15) is 0 Å². The average Bonchev–Trinajstić information content (AvgIpc) is 2.64. The minimum absolute atomic E-state index is 0.00264. The Hall–Kier alpha value is -2.30. The molecule has 1 atom stereocenters. The number of carbonyl (C=O) groups excluding carboxylic acids is 2. The van der Waals surface area contributed by atoms with Gasteiger partial charge >= 0.3 is 11.9 Å². The van der Waals surface area contributed by atoms with Crippen LogP contribution < -0.4 is 0 Å². The summed E-state index contributed by atoms with van der Waals surface area (Å²) in [6.45, 7) is 0. The molecule has 5 nitrogen and oxygen atoms in total. The van der Waals surface area contributed by atoms with Crippen molar-refractivity contribution in [3.8, 4) is 0 Å². The molecule has 100 valence electrons. The Morgan fingerprint density at radius 1 is 1.21 bits per heavy atom. The molecule has 1 aromatic carbocycles. The average molecular weight is 262 g/mol. The minimum atomic E-state index is -0.848. The van der Waals surface area contributed by atoms with Crippen LogP contribution >= 0.6 is 0 Å². The molecule has 0 spiro atoms. The normalized spacial score (nSPS) is 17.4. The Balaban J connectivity index is 2.42. The van der Waals surface area contributed by atoms with Gasteiger partial charge in [0.2, 0.25) is 5.76 Å². The van der Waals surface area contributed by atoms with Crippen molar-refractivity contribution in [2.75, 3.05) is 14.2 Å². The summed E-state index contributed by atoms with van der Waals surface area (Å²) in [5, 5.41) is 0. The molecule has 1 aromatic rings. The van der Waals surface area contributed by atoms with Crippen LogP contribution in [0.15, 0.2) is 30.0 Å². The van der Waals surface area contributed by atoms with E-state index in [1.165, 1.54) is 14.2 Å². The summed E-state index contributed by atoms with van der Waals surface area (Å²) in [5.74, 6) is -1.14. The number of esters is 2. The van der Waals surface area contributed by atoms with Crippen molar-refractivity contribution in [2.24, 2.45) is 0 Å². The first-order chi connectivity index (χ1) is 9.15. The van der Waals surface area contributed by atoms with E-state index in [0.717, 1.165) is 11.1 Å². The van der Waals surface area contributed by atoms with Crippen molar-refractivity contribution >= 4 is 18.0 Å². The van der Waals surface area contributed by atoms with Crippen molar-refractivity contribution in [3.05, 3.63) is 41.2 Å². The smallest absolute Gasteiger partial charge is 0.373 e. The van der Waals surface area contributed by atoms with E-state index >= 15 is 0 Å². The second-order valence-electron chi connectivity index (χ2n) is 4.03. The summed E-state index contributed by atoms with van der Waals surface area (Å²) in [7, 11) is 2.54. The quantitative estimate of drug-likeness (QED) is 0.752. The van der Waals surface area contributed by atoms with E-state index in [1.54, 1.807) is 6.08 Å². The second kappa shape index (κ2) is 5.56. The number of fused-ring (bicyclic) bond motifs is 1. The molecular weight excluding hydrogens is 248 g/mol. The zero-order valence-electron chi connectivity index (χ0n) is 10.7. The minimum Gasteiger partial charge on any atom is -0.471 e. The maximum atomic E-state index is 11.7. The number of rotatable bonds is 2. The number of carbonyl (C=O) groups is 2. The highest BCUT2D eigenvalue weighted by atomic mass is 16.6. The lowest BCUT2D eigenvalue weighted by Gasteiger charge is -2.15. The molecule has 0 bridgehead atoms. The molecule has 5 heteroatoms. The molecule has 1 heterocycles. The van der Waals surface area contributed by atoms with E-state index in [-0.39, 0.29) is 5.76 Å². The van der Waals surface area contributed by atoms with Crippen molar-refractivity contribution in [1.29, 1.82) is 0 Å². The highest BCUT2D eigenvalue weighted by Crippen LogP contribution is 2.23. The van der Waals surface area contributed by atoms with Crippen LogP contribution in [0, 0.1) is 0 Å². The van der Waals surface area contributed by atoms with Gasteiger partial charge in [-0.3, -0.25) is 0 Å². The Morgan fingerprint density at radius 3 is 2.63 bits per heavy atom. The number of hydrogen-bond donors (Lipinski definition) is 0. The third-order valence-electron chi connectivity index (χ3n) is 2.87. The van der Waals surface area contributed by atoms with Crippen LogP contribution in [-0.2, 0) is 30.2 Å². The molecule has 0 aliphatic carbocycles. The van der Waals surface area contributed by atoms with Crippen molar-refractivity contribution in [1.82, 2.24) is 0 Å². The van der Waals surface area contributed by atoms with Gasteiger partial charge in [0.25, 0.3) is 0 Å². The third-order valence-corrected chi connectivity index (χ3v) is 2.87. The fourth-order valence-electron chi connectivity index (χ4n) is 1.90. The number of benzene rings is 1.